The molecule has 0 spiro atoms. The Morgan fingerprint density at radius 2 is 2.29 bits per heavy atom. The molecule has 0 saturated heterocycles. The predicted octanol–water partition coefficient (Wildman–Crippen LogP) is 2.88. The Morgan fingerprint density at radius 1 is 1.33 bits per heavy atom. The van der Waals surface area contributed by atoms with E-state index < -0.39 is 0 Å². The molecule has 21 heavy (non-hydrogen) atoms. The molecule has 0 amide bonds. The van der Waals surface area contributed by atoms with Crippen molar-refractivity contribution in [3.8, 4) is 0 Å². The first-order valence-electron chi connectivity index (χ1n) is 7.02. The Morgan fingerprint density at radius 3 is 3.10 bits per heavy atom. The standard InChI is InChI=1S/C16H19N3OS/c1-20-8-6-17-9-13-3-2-4-16-15(13)5-7-19(16)10-14-11-21-12-18-14/h2-5,7,11-12,17H,6,8-10H2,1H3. The summed E-state index contributed by atoms with van der Waals surface area (Å²) in [5.74, 6) is 0. The molecular formula is C16H19N3OS. The zero-order valence-electron chi connectivity index (χ0n) is 12.1. The third-order valence-electron chi connectivity index (χ3n) is 3.52. The van der Waals surface area contributed by atoms with Crippen LogP contribution in [0.4, 0.5) is 0 Å². The van der Waals surface area contributed by atoms with Crippen LogP contribution in [-0.2, 0) is 17.8 Å². The summed E-state index contributed by atoms with van der Waals surface area (Å²) >= 11 is 1.64. The van der Waals surface area contributed by atoms with E-state index in [2.05, 4.69) is 50.7 Å². The van der Waals surface area contributed by atoms with Crippen molar-refractivity contribution in [2.24, 2.45) is 0 Å². The number of aromatic nitrogens is 2. The van der Waals surface area contributed by atoms with Gasteiger partial charge in [0.25, 0.3) is 0 Å². The summed E-state index contributed by atoms with van der Waals surface area (Å²) in [6.45, 7) is 3.29. The van der Waals surface area contributed by atoms with E-state index in [0.29, 0.717) is 0 Å². The van der Waals surface area contributed by atoms with Crippen LogP contribution in [0.3, 0.4) is 0 Å². The minimum Gasteiger partial charge on any atom is -0.383 e. The van der Waals surface area contributed by atoms with E-state index in [1.807, 2.05) is 5.51 Å². The maximum absolute atomic E-state index is 5.06. The number of nitrogens with one attached hydrogen (secondary N) is 1. The lowest BCUT2D eigenvalue weighted by atomic mass is 10.1. The second kappa shape index (κ2) is 6.85. The van der Waals surface area contributed by atoms with Gasteiger partial charge in [0.05, 0.1) is 24.4 Å². The highest BCUT2D eigenvalue weighted by Crippen LogP contribution is 2.21. The molecule has 3 aromatic rings. The first-order chi connectivity index (χ1) is 10.4. The molecule has 2 heterocycles. The van der Waals surface area contributed by atoms with Gasteiger partial charge < -0.3 is 14.6 Å². The Balaban J connectivity index is 1.79. The van der Waals surface area contributed by atoms with Crippen LogP contribution >= 0.6 is 11.3 Å². The van der Waals surface area contributed by atoms with Crippen LogP contribution in [0.15, 0.2) is 41.4 Å². The van der Waals surface area contributed by atoms with Crippen LogP contribution in [0.5, 0.6) is 0 Å². The van der Waals surface area contributed by atoms with Crippen molar-refractivity contribution < 1.29 is 4.74 Å². The number of nitrogens with zero attached hydrogens (tertiary/aromatic N) is 2. The monoisotopic (exact) mass is 301 g/mol. The molecule has 0 aliphatic heterocycles. The lowest BCUT2D eigenvalue weighted by Crippen LogP contribution is -2.18. The first-order valence-corrected chi connectivity index (χ1v) is 7.96. The fourth-order valence-corrected chi connectivity index (χ4v) is 3.02. The quantitative estimate of drug-likeness (QED) is 0.682. The smallest absolute Gasteiger partial charge is 0.0795 e. The number of thiazole rings is 1. The summed E-state index contributed by atoms with van der Waals surface area (Å²) in [5, 5.41) is 6.81. The van der Waals surface area contributed by atoms with Crippen LogP contribution in [0.2, 0.25) is 0 Å². The SMILES string of the molecule is COCCNCc1cccc2c1ccn2Cc1cscn1. The van der Waals surface area contributed by atoms with Crippen molar-refractivity contribution in [1.29, 1.82) is 0 Å². The molecule has 0 atom stereocenters. The maximum Gasteiger partial charge on any atom is 0.0795 e. The third-order valence-corrected chi connectivity index (χ3v) is 4.15. The van der Waals surface area contributed by atoms with Gasteiger partial charge in [-0.2, -0.15) is 0 Å². The minimum atomic E-state index is 0.737. The molecule has 3 rings (SSSR count). The zero-order valence-corrected chi connectivity index (χ0v) is 12.9. The molecule has 2 aromatic heterocycles. The molecule has 1 aromatic carbocycles. The van der Waals surface area contributed by atoms with Gasteiger partial charge in [0, 0.05) is 42.7 Å². The fraction of sp³-hybridized carbons (Fsp3) is 0.312. The summed E-state index contributed by atoms with van der Waals surface area (Å²) in [7, 11) is 1.72. The van der Waals surface area contributed by atoms with Crippen LogP contribution < -0.4 is 5.32 Å². The van der Waals surface area contributed by atoms with Crippen molar-refractivity contribution in [2.75, 3.05) is 20.3 Å². The maximum atomic E-state index is 5.06. The lowest BCUT2D eigenvalue weighted by molar-refractivity contribution is 0.199. The van der Waals surface area contributed by atoms with Crippen LogP contribution in [0, 0.1) is 0 Å². The molecule has 0 aliphatic carbocycles. The Kier molecular flexibility index (Phi) is 4.65. The van der Waals surface area contributed by atoms with Crippen molar-refractivity contribution in [2.45, 2.75) is 13.1 Å². The largest absolute Gasteiger partial charge is 0.383 e. The van der Waals surface area contributed by atoms with Gasteiger partial charge in [0.1, 0.15) is 0 Å². The molecule has 5 heteroatoms. The summed E-state index contributed by atoms with van der Waals surface area (Å²) in [6.07, 6.45) is 2.14. The van der Waals surface area contributed by atoms with Crippen molar-refractivity contribution >= 4 is 22.2 Å². The Hall–Kier alpha value is -1.69. The minimum absolute atomic E-state index is 0.737. The Labute approximate surface area is 128 Å². The number of hydrogen-bond acceptors (Lipinski definition) is 4. The highest BCUT2D eigenvalue weighted by molar-refractivity contribution is 7.07. The van der Waals surface area contributed by atoms with E-state index in [0.717, 1.165) is 31.9 Å². The first kappa shape index (κ1) is 14.3. The van der Waals surface area contributed by atoms with Crippen LogP contribution in [-0.4, -0.2) is 29.8 Å². The highest BCUT2D eigenvalue weighted by atomic mass is 32.1. The van der Waals surface area contributed by atoms with E-state index in [1.165, 1.54) is 16.5 Å². The second-order valence-corrected chi connectivity index (χ2v) is 5.66. The summed E-state index contributed by atoms with van der Waals surface area (Å²) in [6, 6.07) is 8.65. The van der Waals surface area contributed by atoms with E-state index in [9.17, 15) is 0 Å². The molecule has 0 fully saturated rings. The van der Waals surface area contributed by atoms with E-state index in [4.69, 9.17) is 4.74 Å². The highest BCUT2D eigenvalue weighted by Gasteiger charge is 2.06. The molecule has 0 bridgehead atoms. The summed E-state index contributed by atoms with van der Waals surface area (Å²) < 4.78 is 7.31. The second-order valence-electron chi connectivity index (χ2n) is 4.94. The third kappa shape index (κ3) is 3.32. The number of benzene rings is 1. The molecule has 1 N–H and O–H groups in total. The number of rotatable bonds is 7. The van der Waals surface area contributed by atoms with Gasteiger partial charge in [-0.05, 0) is 17.7 Å². The molecular weight excluding hydrogens is 282 g/mol. The van der Waals surface area contributed by atoms with Gasteiger partial charge >= 0.3 is 0 Å². The Bertz CT molecular complexity index is 691. The number of fused-ring (bicyclic) bond motifs is 1. The van der Waals surface area contributed by atoms with Crippen molar-refractivity contribution in [3.05, 3.63) is 52.6 Å². The molecule has 0 radical (unpaired) electrons. The van der Waals surface area contributed by atoms with Gasteiger partial charge in [-0.3, -0.25) is 0 Å². The van der Waals surface area contributed by atoms with Gasteiger partial charge in [-0.1, -0.05) is 12.1 Å². The van der Waals surface area contributed by atoms with Crippen molar-refractivity contribution in [3.63, 3.8) is 0 Å². The van der Waals surface area contributed by atoms with Crippen LogP contribution in [0.1, 0.15) is 11.3 Å². The van der Waals surface area contributed by atoms with E-state index >= 15 is 0 Å². The van der Waals surface area contributed by atoms with Gasteiger partial charge in [0.15, 0.2) is 0 Å². The molecule has 0 unspecified atom stereocenters. The van der Waals surface area contributed by atoms with Gasteiger partial charge in [0.2, 0.25) is 0 Å². The van der Waals surface area contributed by atoms with Gasteiger partial charge in [-0.15, -0.1) is 11.3 Å². The molecule has 0 aliphatic rings. The van der Waals surface area contributed by atoms with E-state index in [-0.39, 0.29) is 0 Å². The predicted molar refractivity (Wildman–Crippen MR) is 86.7 cm³/mol. The zero-order chi connectivity index (χ0) is 14.5. The lowest BCUT2D eigenvalue weighted by Gasteiger charge is -2.07. The van der Waals surface area contributed by atoms with Crippen molar-refractivity contribution in [1.82, 2.24) is 14.9 Å². The fourth-order valence-electron chi connectivity index (χ4n) is 2.47. The van der Waals surface area contributed by atoms with Crippen LogP contribution in [0.25, 0.3) is 10.9 Å². The molecule has 110 valence electrons. The number of hydrogen-bond donors (Lipinski definition) is 1. The van der Waals surface area contributed by atoms with Gasteiger partial charge in [-0.25, -0.2) is 4.98 Å². The average Bonchev–Trinajstić information content (AvgIpc) is 3.15. The molecule has 0 saturated carbocycles. The summed E-state index contributed by atoms with van der Waals surface area (Å²) in [5.41, 5.74) is 5.57. The topological polar surface area (TPSA) is 39.1 Å². The number of methoxy groups -OCH3 is 1. The average molecular weight is 301 g/mol. The normalized spacial score (nSPS) is 11.3. The number of ether oxygens (including phenoxy) is 1. The van der Waals surface area contributed by atoms with E-state index in [1.54, 1.807) is 18.4 Å². The molecule has 4 nitrogen and oxygen atoms in total. The summed E-state index contributed by atoms with van der Waals surface area (Å²) in [4.78, 5) is 4.36.